The minimum Gasteiger partial charge on any atom is -0.389 e. The van der Waals surface area contributed by atoms with Crippen molar-refractivity contribution in [1.82, 2.24) is 9.78 Å². The number of thioether (sulfide) groups is 1. The van der Waals surface area contributed by atoms with Crippen molar-refractivity contribution >= 4 is 29.0 Å². The molecule has 0 spiro atoms. The van der Waals surface area contributed by atoms with E-state index in [0.717, 1.165) is 34.0 Å². The minimum absolute atomic E-state index is 0.413. The highest BCUT2D eigenvalue weighted by atomic mass is 32.2. The molecule has 0 atom stereocenters. The third kappa shape index (κ3) is 2.47. The lowest BCUT2D eigenvalue weighted by Gasteiger charge is -2.13. The first-order chi connectivity index (χ1) is 9.51. The molecule has 0 unspecified atom stereocenters. The second kappa shape index (κ2) is 5.97. The number of benzene rings is 1. The molecule has 2 N–H and O–H groups in total. The third-order valence-corrected chi connectivity index (χ3v) is 4.48. The van der Waals surface area contributed by atoms with E-state index in [-0.39, 0.29) is 0 Å². The van der Waals surface area contributed by atoms with E-state index in [2.05, 4.69) is 18.9 Å². The topological polar surface area (TPSA) is 43.8 Å². The maximum absolute atomic E-state index is 5.93. The Kier molecular flexibility index (Phi) is 4.50. The second-order valence-corrected chi connectivity index (χ2v) is 5.92. The number of aryl methyl sites for hydroxylation is 1. The number of rotatable bonds is 4. The summed E-state index contributed by atoms with van der Waals surface area (Å²) >= 11 is 6.88. The van der Waals surface area contributed by atoms with Crippen LogP contribution in [-0.4, -0.2) is 21.0 Å². The van der Waals surface area contributed by atoms with Crippen LogP contribution in [0.25, 0.3) is 5.69 Å². The monoisotopic (exact) mass is 305 g/mol. The molecular formula is C15H19N3S2. The molecule has 20 heavy (non-hydrogen) atoms. The van der Waals surface area contributed by atoms with E-state index in [1.54, 1.807) is 11.8 Å². The van der Waals surface area contributed by atoms with Crippen LogP contribution in [0.3, 0.4) is 0 Å². The van der Waals surface area contributed by atoms with Crippen molar-refractivity contribution < 1.29 is 0 Å². The van der Waals surface area contributed by atoms with E-state index in [4.69, 9.17) is 18.0 Å². The Bertz CT molecular complexity index is 659. The average molecular weight is 305 g/mol. The fourth-order valence-corrected chi connectivity index (χ4v) is 3.45. The smallest absolute Gasteiger partial charge is 0.107 e. The van der Waals surface area contributed by atoms with Gasteiger partial charge in [0.1, 0.15) is 4.99 Å². The van der Waals surface area contributed by atoms with E-state index < -0.39 is 0 Å². The van der Waals surface area contributed by atoms with Gasteiger partial charge in [-0.25, -0.2) is 4.68 Å². The Hall–Kier alpha value is -1.33. The van der Waals surface area contributed by atoms with Gasteiger partial charge in [0, 0.05) is 16.2 Å². The average Bonchev–Trinajstić information content (AvgIpc) is 2.72. The highest BCUT2D eigenvalue weighted by molar-refractivity contribution is 7.98. The van der Waals surface area contributed by atoms with Gasteiger partial charge in [-0.15, -0.1) is 11.8 Å². The third-order valence-electron chi connectivity index (χ3n) is 3.49. The van der Waals surface area contributed by atoms with Crippen LogP contribution in [0, 0.1) is 13.8 Å². The SMILES string of the molecule is CCc1c(C)nn(-c2cccc(SC)c2C(N)=S)c1C. The molecule has 0 aliphatic carbocycles. The first-order valence-electron chi connectivity index (χ1n) is 6.53. The first kappa shape index (κ1) is 15.1. The molecule has 0 amide bonds. The summed E-state index contributed by atoms with van der Waals surface area (Å²) in [6, 6.07) is 6.08. The number of aromatic nitrogens is 2. The predicted molar refractivity (Wildman–Crippen MR) is 90.1 cm³/mol. The minimum atomic E-state index is 0.413. The molecule has 2 aromatic rings. The Labute approximate surface area is 129 Å². The van der Waals surface area contributed by atoms with Crippen molar-refractivity contribution in [1.29, 1.82) is 0 Å². The molecule has 106 valence electrons. The zero-order valence-electron chi connectivity index (χ0n) is 12.2. The van der Waals surface area contributed by atoms with Crippen molar-refractivity contribution in [3.8, 4) is 5.69 Å². The predicted octanol–water partition coefficient (Wildman–Crippen LogP) is 3.41. The highest BCUT2D eigenvalue weighted by Gasteiger charge is 2.17. The van der Waals surface area contributed by atoms with Crippen molar-refractivity contribution in [2.24, 2.45) is 5.73 Å². The Morgan fingerprint density at radius 2 is 2.10 bits per heavy atom. The quantitative estimate of drug-likeness (QED) is 0.694. The molecule has 1 heterocycles. The molecule has 0 aliphatic heterocycles. The molecule has 0 aliphatic rings. The van der Waals surface area contributed by atoms with Gasteiger partial charge in [-0.3, -0.25) is 0 Å². The number of nitrogens with two attached hydrogens (primary N) is 1. The summed E-state index contributed by atoms with van der Waals surface area (Å²) in [5, 5.41) is 4.66. The summed E-state index contributed by atoms with van der Waals surface area (Å²) in [4.78, 5) is 1.50. The Morgan fingerprint density at radius 3 is 2.60 bits per heavy atom. The number of nitrogens with zero attached hydrogens (tertiary/aromatic N) is 2. The first-order valence-corrected chi connectivity index (χ1v) is 8.16. The number of thiocarbonyl (C=S) groups is 1. The van der Waals surface area contributed by atoms with E-state index >= 15 is 0 Å². The van der Waals surface area contributed by atoms with Crippen LogP contribution in [0.1, 0.15) is 29.4 Å². The maximum atomic E-state index is 5.93. The van der Waals surface area contributed by atoms with Crippen LogP contribution in [0.15, 0.2) is 23.1 Å². The summed E-state index contributed by atoms with van der Waals surface area (Å²) in [6.45, 7) is 6.28. The van der Waals surface area contributed by atoms with Crippen molar-refractivity contribution in [3.05, 3.63) is 40.7 Å². The summed E-state index contributed by atoms with van der Waals surface area (Å²) in [5.74, 6) is 0. The van der Waals surface area contributed by atoms with Gasteiger partial charge >= 0.3 is 0 Å². The molecular weight excluding hydrogens is 286 g/mol. The lowest BCUT2D eigenvalue weighted by molar-refractivity contribution is 0.828. The van der Waals surface area contributed by atoms with E-state index in [1.807, 2.05) is 36.1 Å². The molecule has 0 fully saturated rings. The van der Waals surface area contributed by atoms with Crippen molar-refractivity contribution in [2.75, 3.05) is 6.26 Å². The number of hydrogen-bond donors (Lipinski definition) is 1. The van der Waals surface area contributed by atoms with Gasteiger partial charge in [0.25, 0.3) is 0 Å². The molecule has 3 nitrogen and oxygen atoms in total. The summed E-state index contributed by atoms with van der Waals surface area (Å²) in [7, 11) is 0. The normalized spacial score (nSPS) is 10.8. The second-order valence-electron chi connectivity index (χ2n) is 4.63. The van der Waals surface area contributed by atoms with E-state index in [9.17, 15) is 0 Å². The van der Waals surface area contributed by atoms with Gasteiger partial charge in [-0.1, -0.05) is 25.2 Å². The standard InChI is InChI=1S/C15H19N3S2/c1-5-11-9(2)17-18(10(11)3)12-7-6-8-13(20-4)14(12)15(16)19/h6-8H,5H2,1-4H3,(H2,16,19). The Balaban J connectivity index is 2.73. The van der Waals surface area contributed by atoms with Gasteiger partial charge in [0.2, 0.25) is 0 Å². The fraction of sp³-hybridized carbons (Fsp3) is 0.333. The van der Waals surface area contributed by atoms with Crippen LogP contribution in [0.2, 0.25) is 0 Å². The maximum Gasteiger partial charge on any atom is 0.107 e. The molecule has 1 aromatic heterocycles. The van der Waals surface area contributed by atoms with Crippen LogP contribution in [-0.2, 0) is 6.42 Å². The van der Waals surface area contributed by atoms with Crippen LogP contribution in [0.5, 0.6) is 0 Å². The molecule has 0 saturated heterocycles. The van der Waals surface area contributed by atoms with Gasteiger partial charge in [-0.2, -0.15) is 5.10 Å². The summed E-state index contributed by atoms with van der Waals surface area (Å²) in [5.41, 5.74) is 11.3. The summed E-state index contributed by atoms with van der Waals surface area (Å²) < 4.78 is 1.96. The van der Waals surface area contributed by atoms with Crippen LogP contribution in [0.4, 0.5) is 0 Å². The van der Waals surface area contributed by atoms with Gasteiger partial charge in [-0.05, 0) is 44.2 Å². The van der Waals surface area contributed by atoms with Crippen molar-refractivity contribution in [2.45, 2.75) is 32.1 Å². The lowest BCUT2D eigenvalue weighted by Crippen LogP contribution is -2.16. The van der Waals surface area contributed by atoms with Gasteiger partial charge in [0.05, 0.1) is 11.4 Å². The molecule has 1 aromatic carbocycles. The zero-order valence-corrected chi connectivity index (χ0v) is 13.9. The van der Waals surface area contributed by atoms with Gasteiger partial charge in [0.15, 0.2) is 0 Å². The molecule has 0 saturated carbocycles. The lowest BCUT2D eigenvalue weighted by atomic mass is 10.1. The Morgan fingerprint density at radius 1 is 1.40 bits per heavy atom. The molecule has 2 rings (SSSR count). The molecule has 0 bridgehead atoms. The van der Waals surface area contributed by atoms with E-state index in [0.29, 0.717) is 4.99 Å². The zero-order chi connectivity index (χ0) is 14.9. The fourth-order valence-electron chi connectivity index (χ4n) is 2.54. The summed E-state index contributed by atoms with van der Waals surface area (Å²) in [6.07, 6.45) is 3.00. The molecule has 0 radical (unpaired) electrons. The van der Waals surface area contributed by atoms with E-state index in [1.165, 1.54) is 5.56 Å². The van der Waals surface area contributed by atoms with Crippen LogP contribution >= 0.6 is 24.0 Å². The van der Waals surface area contributed by atoms with Gasteiger partial charge < -0.3 is 5.73 Å². The van der Waals surface area contributed by atoms with Crippen molar-refractivity contribution in [3.63, 3.8) is 0 Å². The highest BCUT2D eigenvalue weighted by Crippen LogP contribution is 2.28. The van der Waals surface area contributed by atoms with Crippen LogP contribution < -0.4 is 5.73 Å². The molecule has 5 heteroatoms. The largest absolute Gasteiger partial charge is 0.389 e. The number of hydrogen-bond acceptors (Lipinski definition) is 3.